The Hall–Kier alpha value is -1.37. The summed E-state index contributed by atoms with van der Waals surface area (Å²) in [5.41, 5.74) is 4.33. The van der Waals surface area contributed by atoms with Crippen LogP contribution in [0.15, 0.2) is 40.1 Å². The summed E-state index contributed by atoms with van der Waals surface area (Å²) in [5, 5.41) is 10.5. The van der Waals surface area contributed by atoms with Gasteiger partial charge < -0.3 is 5.32 Å². The molecule has 3 nitrogen and oxygen atoms in total. The molecule has 1 aliphatic carbocycles. The lowest BCUT2D eigenvalue weighted by Crippen LogP contribution is -2.04. The lowest BCUT2D eigenvalue weighted by molar-refractivity contribution is 0.495. The van der Waals surface area contributed by atoms with Gasteiger partial charge in [0.15, 0.2) is 5.15 Å². The van der Waals surface area contributed by atoms with Crippen LogP contribution in [0.5, 0.6) is 0 Å². The average Bonchev–Trinajstić information content (AvgIpc) is 3.22. The normalized spacial score (nSPS) is 17.5. The molecular weight excluding hydrogens is 437 g/mol. The van der Waals surface area contributed by atoms with Gasteiger partial charge in [-0.15, -0.1) is 11.3 Å². The first kappa shape index (κ1) is 18.0. The molecule has 0 radical (unpaired) electrons. The third-order valence-corrected chi connectivity index (χ3v) is 6.71. The molecule has 7 heteroatoms. The molecule has 3 heterocycles. The molecule has 0 amide bonds. The number of allylic oxidation sites excluding steroid dienone is 2. The van der Waals surface area contributed by atoms with E-state index in [1.807, 2.05) is 16.6 Å². The summed E-state index contributed by atoms with van der Waals surface area (Å²) in [7, 11) is 0. The van der Waals surface area contributed by atoms with E-state index in [-0.39, 0.29) is 11.7 Å². The molecule has 0 aromatic carbocycles. The molecule has 3 aromatic rings. The highest BCUT2D eigenvalue weighted by Crippen LogP contribution is 2.42. The monoisotopic (exact) mass is 453 g/mol. The van der Waals surface area contributed by atoms with Crippen molar-refractivity contribution < 1.29 is 4.39 Å². The molecule has 0 spiro atoms. The zero-order valence-electron chi connectivity index (χ0n) is 14.2. The van der Waals surface area contributed by atoms with E-state index in [0.29, 0.717) is 18.0 Å². The Balaban J connectivity index is 1.77. The molecule has 136 valence electrons. The molecule has 3 aromatic heterocycles. The highest BCUT2D eigenvalue weighted by Gasteiger charge is 2.26. The zero-order chi connectivity index (χ0) is 18.3. The lowest BCUT2D eigenvalue weighted by Gasteiger charge is -2.19. The van der Waals surface area contributed by atoms with E-state index in [9.17, 15) is 4.39 Å². The number of fused-ring (bicyclic) bond motifs is 1. The van der Waals surface area contributed by atoms with Gasteiger partial charge in [-0.05, 0) is 70.6 Å². The minimum absolute atomic E-state index is 0.00161. The number of hydrogen-bond donors (Lipinski definition) is 1. The number of nitrogens with one attached hydrogen (secondary N) is 1. The second-order valence-corrected chi connectivity index (χ2v) is 8.70. The first-order chi connectivity index (χ1) is 12.5. The molecular formula is C19H18BrClFN3S. The molecule has 0 saturated carbocycles. The van der Waals surface area contributed by atoms with Gasteiger partial charge in [-0.2, -0.15) is 5.10 Å². The molecule has 4 rings (SSSR count). The fourth-order valence-electron chi connectivity index (χ4n) is 3.64. The smallest absolute Gasteiger partial charge is 0.152 e. The summed E-state index contributed by atoms with van der Waals surface area (Å²) in [4.78, 5) is 1.26. The molecule has 0 aliphatic heterocycles. The van der Waals surface area contributed by atoms with Crippen LogP contribution in [0.4, 0.5) is 10.1 Å². The Labute approximate surface area is 169 Å². The van der Waals surface area contributed by atoms with Gasteiger partial charge in [0.1, 0.15) is 4.60 Å². The number of rotatable bonds is 4. The Morgan fingerprint density at radius 2 is 2.35 bits per heavy atom. The Morgan fingerprint density at radius 1 is 1.50 bits per heavy atom. The van der Waals surface area contributed by atoms with Gasteiger partial charge in [0.05, 0.1) is 17.0 Å². The molecule has 1 N–H and O–H groups in total. The van der Waals surface area contributed by atoms with E-state index in [0.717, 1.165) is 34.3 Å². The quantitative estimate of drug-likeness (QED) is 0.467. The molecule has 0 bridgehead atoms. The highest BCUT2D eigenvalue weighted by atomic mass is 79.9. The van der Waals surface area contributed by atoms with Crippen molar-refractivity contribution in [2.75, 3.05) is 5.32 Å². The maximum absolute atomic E-state index is 13.4. The summed E-state index contributed by atoms with van der Waals surface area (Å²) in [6.45, 7) is 2.85. The van der Waals surface area contributed by atoms with E-state index in [2.05, 4.69) is 44.7 Å². The van der Waals surface area contributed by atoms with Gasteiger partial charge in [-0.1, -0.05) is 23.7 Å². The topological polar surface area (TPSA) is 29.3 Å². The summed E-state index contributed by atoms with van der Waals surface area (Å²) < 4.78 is 16.2. The standard InChI is InChI=1S/C19H18BrClFN3S/c1-11-17(12-4-6-13(22)7-5-12)19(20)25-18(11)15(9-16(21)24-25)23-10-14-3-2-8-26-14/h2-3,6,8-9,12,23H,4-5,7,10H2,1H3. The molecule has 26 heavy (non-hydrogen) atoms. The van der Waals surface area contributed by atoms with Crippen molar-refractivity contribution in [2.24, 2.45) is 0 Å². The fraction of sp³-hybridized carbons (Fsp3) is 0.316. The molecule has 0 fully saturated rings. The van der Waals surface area contributed by atoms with Crippen LogP contribution in [-0.4, -0.2) is 9.61 Å². The molecule has 1 aliphatic rings. The van der Waals surface area contributed by atoms with Crippen molar-refractivity contribution in [3.63, 3.8) is 0 Å². The number of nitrogens with zero attached hydrogens (tertiary/aromatic N) is 2. The fourth-order valence-corrected chi connectivity index (χ4v) is 5.35. The van der Waals surface area contributed by atoms with Gasteiger partial charge in [-0.3, -0.25) is 0 Å². The summed E-state index contributed by atoms with van der Waals surface area (Å²) in [6.07, 6.45) is 3.73. The van der Waals surface area contributed by atoms with E-state index >= 15 is 0 Å². The van der Waals surface area contributed by atoms with Crippen LogP contribution >= 0.6 is 38.9 Å². The number of aromatic nitrogens is 2. The average molecular weight is 455 g/mol. The Bertz CT molecular complexity index is 981. The third-order valence-electron chi connectivity index (χ3n) is 4.89. The predicted octanol–water partition coefficient (Wildman–Crippen LogP) is 6.85. The predicted molar refractivity (Wildman–Crippen MR) is 110 cm³/mol. The summed E-state index contributed by atoms with van der Waals surface area (Å²) in [5.74, 6) is 0.285. The first-order valence-electron chi connectivity index (χ1n) is 8.52. The van der Waals surface area contributed by atoms with Crippen molar-refractivity contribution in [1.82, 2.24) is 9.61 Å². The third kappa shape index (κ3) is 3.30. The van der Waals surface area contributed by atoms with Crippen LogP contribution in [0.1, 0.15) is 41.2 Å². The van der Waals surface area contributed by atoms with E-state index in [4.69, 9.17) is 11.6 Å². The summed E-state index contributed by atoms with van der Waals surface area (Å²) >= 11 is 11.7. The molecule has 0 saturated heterocycles. The largest absolute Gasteiger partial charge is 0.378 e. The number of thiophene rings is 1. The second-order valence-electron chi connectivity index (χ2n) is 6.53. The van der Waals surface area contributed by atoms with Crippen LogP contribution in [-0.2, 0) is 6.54 Å². The molecule has 1 unspecified atom stereocenters. The van der Waals surface area contributed by atoms with Crippen LogP contribution in [0.25, 0.3) is 5.52 Å². The zero-order valence-corrected chi connectivity index (χ0v) is 17.4. The highest BCUT2D eigenvalue weighted by molar-refractivity contribution is 9.10. The van der Waals surface area contributed by atoms with Gasteiger partial charge in [0.2, 0.25) is 0 Å². The number of aryl methyl sites for hydroxylation is 1. The van der Waals surface area contributed by atoms with E-state index < -0.39 is 0 Å². The number of hydrogen-bond acceptors (Lipinski definition) is 3. The minimum atomic E-state index is -0.00161. The first-order valence-corrected chi connectivity index (χ1v) is 10.6. The maximum atomic E-state index is 13.4. The van der Waals surface area contributed by atoms with E-state index in [1.54, 1.807) is 17.4 Å². The van der Waals surface area contributed by atoms with Gasteiger partial charge in [0.25, 0.3) is 0 Å². The van der Waals surface area contributed by atoms with Crippen molar-refractivity contribution in [3.05, 3.63) is 61.2 Å². The Kier molecular flexibility index (Phi) is 5.08. The van der Waals surface area contributed by atoms with Gasteiger partial charge in [-0.25, -0.2) is 8.91 Å². The van der Waals surface area contributed by atoms with Crippen molar-refractivity contribution in [3.8, 4) is 0 Å². The Morgan fingerprint density at radius 3 is 3.04 bits per heavy atom. The molecule has 1 atom stereocenters. The van der Waals surface area contributed by atoms with Crippen molar-refractivity contribution in [1.29, 1.82) is 0 Å². The van der Waals surface area contributed by atoms with E-state index in [1.165, 1.54) is 10.4 Å². The van der Waals surface area contributed by atoms with Gasteiger partial charge >= 0.3 is 0 Å². The van der Waals surface area contributed by atoms with Crippen LogP contribution in [0.3, 0.4) is 0 Å². The second kappa shape index (κ2) is 7.33. The van der Waals surface area contributed by atoms with Crippen LogP contribution in [0, 0.1) is 6.92 Å². The van der Waals surface area contributed by atoms with Crippen molar-refractivity contribution >= 4 is 50.1 Å². The van der Waals surface area contributed by atoms with Crippen molar-refractivity contribution in [2.45, 2.75) is 38.6 Å². The van der Waals surface area contributed by atoms with Crippen LogP contribution < -0.4 is 5.32 Å². The lowest BCUT2D eigenvalue weighted by atomic mass is 9.87. The maximum Gasteiger partial charge on any atom is 0.152 e. The summed E-state index contributed by atoms with van der Waals surface area (Å²) in [6, 6.07) is 6.02. The number of halogens is 3. The number of anilines is 1. The van der Waals surface area contributed by atoms with Gasteiger partial charge in [0, 0.05) is 17.5 Å². The SMILES string of the molecule is Cc1c(C2CC=C(F)CC2)c(Br)n2nc(Cl)cc(NCc3cccs3)c12. The van der Waals surface area contributed by atoms with Crippen LogP contribution in [0.2, 0.25) is 5.15 Å². The minimum Gasteiger partial charge on any atom is -0.378 e.